The van der Waals surface area contributed by atoms with E-state index < -0.39 is 12.5 Å². The third-order valence-corrected chi connectivity index (χ3v) is 4.98. The Morgan fingerprint density at radius 3 is 1.39 bits per heavy atom. The van der Waals surface area contributed by atoms with Crippen molar-refractivity contribution in [2.45, 2.75) is 39.1 Å². The van der Waals surface area contributed by atoms with Gasteiger partial charge >= 0.3 is 0 Å². The van der Waals surface area contributed by atoms with Crippen molar-refractivity contribution in [3.63, 3.8) is 0 Å². The minimum atomic E-state index is -0.751. The van der Waals surface area contributed by atoms with E-state index in [9.17, 15) is 19.8 Å². The van der Waals surface area contributed by atoms with Crippen molar-refractivity contribution < 1.29 is 19.8 Å². The second-order valence-electron chi connectivity index (χ2n) is 6.92. The molecule has 6 heteroatoms. The number of nitrogens with zero attached hydrogens (tertiary/aromatic N) is 2. The van der Waals surface area contributed by atoms with Gasteiger partial charge in [-0.2, -0.15) is 0 Å². The van der Waals surface area contributed by atoms with Gasteiger partial charge in [0.15, 0.2) is 12.5 Å². The summed E-state index contributed by atoms with van der Waals surface area (Å²) in [4.78, 5) is 26.5. The van der Waals surface area contributed by atoms with Crippen LogP contribution in [0, 0.1) is 0 Å². The van der Waals surface area contributed by atoms with Gasteiger partial charge in [0.05, 0.1) is 0 Å². The van der Waals surface area contributed by atoms with Crippen LogP contribution in [0.15, 0.2) is 48.5 Å². The molecule has 0 aliphatic carbocycles. The van der Waals surface area contributed by atoms with Crippen LogP contribution in [-0.4, -0.2) is 44.9 Å². The maximum absolute atomic E-state index is 11.8. The molecule has 6 nitrogen and oxygen atoms in total. The molecule has 2 aromatic rings. The number of carbonyl (C=O) groups is 2. The largest absolute Gasteiger partial charge is 0.369 e. The van der Waals surface area contributed by atoms with E-state index in [4.69, 9.17) is 0 Å². The van der Waals surface area contributed by atoms with Gasteiger partial charge in [0.1, 0.15) is 0 Å². The van der Waals surface area contributed by atoms with Crippen LogP contribution in [0.4, 0.5) is 0 Å². The van der Waals surface area contributed by atoms with Crippen molar-refractivity contribution in [1.82, 2.24) is 9.80 Å². The van der Waals surface area contributed by atoms with Crippen LogP contribution in [0.5, 0.6) is 0 Å². The zero-order valence-electron chi connectivity index (χ0n) is 16.2. The zero-order valence-corrected chi connectivity index (χ0v) is 16.2. The number of aliphatic hydroxyl groups is 2. The molecule has 2 aromatic carbocycles. The normalized spacial score (nSPS) is 20.0. The first kappa shape index (κ1) is 20.0. The van der Waals surface area contributed by atoms with Crippen LogP contribution in [0.2, 0.25) is 0 Å². The molecule has 0 saturated heterocycles. The standard InChI is InChI=1S/2C11H13NO2/c2*1-2-7-12-10(13)8-5-3-4-6-9(8)11(12)14/h2*3-6,10,13H,2,7H2,1H3. The van der Waals surface area contributed by atoms with Gasteiger partial charge in [-0.15, -0.1) is 0 Å². The average molecular weight is 382 g/mol. The fourth-order valence-electron chi connectivity index (χ4n) is 3.63. The highest BCUT2D eigenvalue weighted by molar-refractivity contribution is 5.99. The van der Waals surface area contributed by atoms with E-state index in [1.807, 2.05) is 38.1 Å². The van der Waals surface area contributed by atoms with Gasteiger partial charge in [0, 0.05) is 35.3 Å². The lowest BCUT2D eigenvalue weighted by molar-refractivity contribution is 0.0169. The number of hydrogen-bond donors (Lipinski definition) is 2. The topological polar surface area (TPSA) is 81.1 Å². The van der Waals surface area contributed by atoms with Crippen LogP contribution in [0.1, 0.15) is 71.0 Å². The number of fused-ring (bicyclic) bond motifs is 2. The van der Waals surface area contributed by atoms with Crippen LogP contribution in [-0.2, 0) is 0 Å². The fourth-order valence-corrected chi connectivity index (χ4v) is 3.63. The van der Waals surface area contributed by atoms with Crippen molar-refractivity contribution in [3.8, 4) is 0 Å². The highest BCUT2D eigenvalue weighted by atomic mass is 16.3. The van der Waals surface area contributed by atoms with E-state index in [1.165, 1.54) is 9.80 Å². The third-order valence-electron chi connectivity index (χ3n) is 4.98. The van der Waals surface area contributed by atoms with E-state index in [0.717, 1.165) is 24.0 Å². The van der Waals surface area contributed by atoms with Gasteiger partial charge in [0.25, 0.3) is 11.8 Å². The Hall–Kier alpha value is -2.70. The molecule has 0 radical (unpaired) electrons. The maximum atomic E-state index is 11.8. The Balaban J connectivity index is 0.000000161. The van der Waals surface area contributed by atoms with Gasteiger partial charge in [-0.05, 0) is 25.0 Å². The molecule has 0 fully saturated rings. The maximum Gasteiger partial charge on any atom is 0.256 e. The van der Waals surface area contributed by atoms with Gasteiger partial charge in [-0.1, -0.05) is 50.2 Å². The number of benzene rings is 2. The summed E-state index contributed by atoms with van der Waals surface area (Å²) in [6.07, 6.45) is 0.213. The number of rotatable bonds is 4. The molecule has 2 N–H and O–H groups in total. The van der Waals surface area contributed by atoms with Gasteiger partial charge < -0.3 is 20.0 Å². The van der Waals surface area contributed by atoms with Crippen LogP contribution in [0.3, 0.4) is 0 Å². The summed E-state index contributed by atoms with van der Waals surface area (Å²) >= 11 is 0. The fraction of sp³-hybridized carbons (Fsp3) is 0.364. The highest BCUT2D eigenvalue weighted by Crippen LogP contribution is 2.32. The van der Waals surface area contributed by atoms with Crippen molar-refractivity contribution >= 4 is 11.8 Å². The SMILES string of the molecule is CCCN1C(=O)c2ccccc2C1O.CCCN1C(=O)c2ccccc2C1O. The Morgan fingerprint density at radius 2 is 1.07 bits per heavy atom. The smallest absolute Gasteiger partial charge is 0.256 e. The first-order chi connectivity index (χ1) is 13.5. The number of amides is 2. The molecule has 0 spiro atoms. The Bertz CT molecular complexity index is 796. The first-order valence-electron chi connectivity index (χ1n) is 9.67. The van der Waals surface area contributed by atoms with Gasteiger partial charge in [-0.3, -0.25) is 9.59 Å². The van der Waals surface area contributed by atoms with Crippen LogP contribution >= 0.6 is 0 Å². The molecule has 0 aromatic heterocycles. The molecule has 28 heavy (non-hydrogen) atoms. The first-order valence-corrected chi connectivity index (χ1v) is 9.67. The van der Waals surface area contributed by atoms with Crippen molar-refractivity contribution in [2.75, 3.05) is 13.1 Å². The summed E-state index contributed by atoms with van der Waals surface area (Å²) in [7, 11) is 0. The highest BCUT2D eigenvalue weighted by Gasteiger charge is 2.34. The van der Waals surface area contributed by atoms with Crippen molar-refractivity contribution in [2.24, 2.45) is 0 Å². The molecule has 2 atom stereocenters. The third kappa shape index (κ3) is 3.53. The molecule has 2 heterocycles. The van der Waals surface area contributed by atoms with E-state index in [2.05, 4.69) is 0 Å². The minimum absolute atomic E-state index is 0.0602. The molecule has 2 aliphatic rings. The second-order valence-corrected chi connectivity index (χ2v) is 6.92. The summed E-state index contributed by atoms with van der Waals surface area (Å²) in [5.41, 5.74) is 2.72. The predicted octanol–water partition coefficient (Wildman–Crippen LogP) is 3.09. The second kappa shape index (κ2) is 8.54. The Morgan fingerprint density at radius 1 is 0.714 bits per heavy atom. The molecular formula is C22H26N2O4. The van der Waals surface area contributed by atoms with Crippen molar-refractivity contribution in [1.29, 1.82) is 0 Å². The van der Waals surface area contributed by atoms with Crippen molar-refractivity contribution in [3.05, 3.63) is 70.8 Å². The van der Waals surface area contributed by atoms with E-state index >= 15 is 0 Å². The quantitative estimate of drug-likeness (QED) is 0.851. The lowest BCUT2D eigenvalue weighted by atomic mass is 10.1. The molecule has 4 rings (SSSR count). The number of hydrogen-bond acceptors (Lipinski definition) is 4. The zero-order chi connectivity index (χ0) is 20.3. The summed E-state index contributed by atoms with van der Waals surface area (Å²) in [5, 5.41) is 19.7. The molecule has 148 valence electrons. The predicted molar refractivity (Wildman–Crippen MR) is 105 cm³/mol. The molecular weight excluding hydrogens is 356 g/mol. The lowest BCUT2D eigenvalue weighted by Gasteiger charge is -2.19. The van der Waals surface area contributed by atoms with E-state index in [0.29, 0.717) is 24.2 Å². The monoisotopic (exact) mass is 382 g/mol. The lowest BCUT2D eigenvalue weighted by Crippen LogP contribution is -2.28. The summed E-state index contributed by atoms with van der Waals surface area (Å²) in [6, 6.07) is 14.4. The summed E-state index contributed by atoms with van der Waals surface area (Å²) in [6.45, 7) is 5.19. The molecule has 2 unspecified atom stereocenters. The molecule has 0 bridgehead atoms. The molecule has 2 aliphatic heterocycles. The minimum Gasteiger partial charge on any atom is -0.369 e. The Kier molecular flexibility index (Phi) is 6.11. The van der Waals surface area contributed by atoms with Crippen LogP contribution in [0.25, 0.3) is 0 Å². The Labute approximate surface area is 165 Å². The molecule has 0 saturated carbocycles. The number of aliphatic hydroxyl groups excluding tert-OH is 2. The van der Waals surface area contributed by atoms with E-state index in [1.54, 1.807) is 24.3 Å². The summed E-state index contributed by atoms with van der Waals surface area (Å²) in [5.74, 6) is -0.120. The van der Waals surface area contributed by atoms with Gasteiger partial charge in [0.2, 0.25) is 0 Å². The van der Waals surface area contributed by atoms with E-state index in [-0.39, 0.29) is 11.8 Å². The molecule has 2 amide bonds. The summed E-state index contributed by atoms with van der Waals surface area (Å²) < 4.78 is 0. The average Bonchev–Trinajstić information content (AvgIpc) is 3.11. The van der Waals surface area contributed by atoms with Crippen LogP contribution < -0.4 is 0 Å². The number of carbonyl (C=O) groups excluding carboxylic acids is 2. The van der Waals surface area contributed by atoms with Gasteiger partial charge in [-0.25, -0.2) is 0 Å².